The lowest BCUT2D eigenvalue weighted by atomic mass is 10.2. The molecule has 5 heteroatoms. The molecule has 2 heterocycles. The van der Waals surface area contributed by atoms with E-state index in [0.29, 0.717) is 5.56 Å². The van der Waals surface area contributed by atoms with E-state index in [1.165, 1.54) is 0 Å². The Hall–Kier alpha value is -1.52. The number of hydrogen-bond donors (Lipinski definition) is 0. The van der Waals surface area contributed by atoms with Crippen LogP contribution in [-0.2, 0) is 5.75 Å². The average molecular weight is 333 g/mol. The quantitative estimate of drug-likeness (QED) is 0.784. The Morgan fingerprint density at radius 2 is 1.95 bits per heavy atom. The van der Waals surface area contributed by atoms with Gasteiger partial charge in [-0.15, -0.1) is 11.8 Å². The monoisotopic (exact) mass is 332 g/mol. The molecule has 3 rings (SSSR count). The normalized spacial score (nSPS) is 14.3. The van der Waals surface area contributed by atoms with Gasteiger partial charge in [-0.1, -0.05) is 29.8 Å². The molecule has 0 bridgehead atoms. The molecule has 0 saturated carbocycles. The number of benzene rings is 1. The summed E-state index contributed by atoms with van der Waals surface area (Å²) in [6.07, 6.45) is 3.88. The summed E-state index contributed by atoms with van der Waals surface area (Å²) in [4.78, 5) is 18.5. The van der Waals surface area contributed by atoms with E-state index >= 15 is 0 Å². The molecule has 0 aliphatic carbocycles. The van der Waals surface area contributed by atoms with Crippen LogP contribution in [0.4, 0.5) is 0 Å². The van der Waals surface area contributed by atoms with Crippen LogP contribution in [0.1, 0.15) is 28.8 Å². The Kier molecular flexibility index (Phi) is 5.01. The molecule has 1 saturated heterocycles. The molecule has 1 aromatic carbocycles. The van der Waals surface area contributed by atoms with Gasteiger partial charge in [0, 0.05) is 30.1 Å². The Morgan fingerprint density at radius 3 is 2.64 bits per heavy atom. The largest absolute Gasteiger partial charge is 0.339 e. The molecule has 22 heavy (non-hydrogen) atoms. The molecule has 3 nitrogen and oxygen atoms in total. The first-order valence-electron chi connectivity index (χ1n) is 7.35. The molecule has 0 N–H and O–H groups in total. The van der Waals surface area contributed by atoms with Crippen LogP contribution in [-0.4, -0.2) is 28.9 Å². The minimum absolute atomic E-state index is 0.0904. The molecule has 0 spiro atoms. The second-order valence-corrected chi connectivity index (χ2v) is 6.67. The van der Waals surface area contributed by atoms with Gasteiger partial charge in [-0.2, -0.15) is 0 Å². The average Bonchev–Trinajstić information content (AvgIpc) is 3.08. The predicted octanol–water partition coefficient (Wildman–Crippen LogP) is 4.26. The number of nitrogens with zero attached hydrogens (tertiary/aromatic N) is 2. The Bertz CT molecular complexity index is 654. The van der Waals surface area contributed by atoms with E-state index in [9.17, 15) is 4.79 Å². The minimum atomic E-state index is 0.0904. The highest BCUT2D eigenvalue weighted by atomic mass is 35.5. The number of aromatic nitrogens is 1. The Balaban J connectivity index is 1.62. The highest BCUT2D eigenvalue weighted by molar-refractivity contribution is 7.98. The Morgan fingerprint density at radius 1 is 1.18 bits per heavy atom. The van der Waals surface area contributed by atoms with E-state index in [-0.39, 0.29) is 5.91 Å². The third-order valence-electron chi connectivity index (χ3n) is 3.71. The maximum atomic E-state index is 12.2. The molecule has 0 atom stereocenters. The van der Waals surface area contributed by atoms with E-state index in [0.717, 1.165) is 47.3 Å². The van der Waals surface area contributed by atoms with Crippen molar-refractivity contribution in [1.82, 2.24) is 9.88 Å². The topological polar surface area (TPSA) is 33.2 Å². The standard InChI is InChI=1S/C17H17ClN2OS/c18-15-6-2-1-5-14(15)12-22-16-8-7-13(11-19-16)17(21)20-9-3-4-10-20/h1-2,5-8,11H,3-4,9-10,12H2. The zero-order chi connectivity index (χ0) is 15.4. The zero-order valence-electron chi connectivity index (χ0n) is 12.2. The van der Waals surface area contributed by atoms with Crippen molar-refractivity contribution in [1.29, 1.82) is 0 Å². The molecule has 0 unspecified atom stereocenters. The highest BCUT2D eigenvalue weighted by Crippen LogP contribution is 2.25. The third kappa shape index (κ3) is 3.62. The fourth-order valence-corrected chi connectivity index (χ4v) is 3.59. The molecule has 1 aliphatic rings. The van der Waals surface area contributed by atoms with Crippen LogP contribution in [0.25, 0.3) is 0 Å². The first kappa shape index (κ1) is 15.4. The third-order valence-corrected chi connectivity index (χ3v) is 5.07. The van der Waals surface area contributed by atoms with Crippen LogP contribution in [0.2, 0.25) is 5.02 Å². The van der Waals surface area contributed by atoms with E-state index in [2.05, 4.69) is 4.98 Å². The number of rotatable bonds is 4. The van der Waals surface area contributed by atoms with Crippen molar-refractivity contribution in [2.24, 2.45) is 0 Å². The van der Waals surface area contributed by atoms with Crippen LogP contribution in [0.3, 0.4) is 0 Å². The fraction of sp³-hybridized carbons (Fsp3) is 0.294. The van der Waals surface area contributed by atoms with Gasteiger partial charge in [-0.05, 0) is 36.6 Å². The van der Waals surface area contributed by atoms with E-state index < -0.39 is 0 Å². The SMILES string of the molecule is O=C(c1ccc(SCc2ccccc2Cl)nc1)N1CCCC1. The van der Waals surface area contributed by atoms with Gasteiger partial charge in [0.05, 0.1) is 10.6 Å². The highest BCUT2D eigenvalue weighted by Gasteiger charge is 2.19. The van der Waals surface area contributed by atoms with Crippen molar-refractivity contribution >= 4 is 29.3 Å². The van der Waals surface area contributed by atoms with Crippen LogP contribution in [0.15, 0.2) is 47.6 Å². The first-order valence-corrected chi connectivity index (χ1v) is 8.72. The van der Waals surface area contributed by atoms with Gasteiger partial charge in [-0.25, -0.2) is 4.98 Å². The number of carbonyl (C=O) groups excluding carboxylic acids is 1. The van der Waals surface area contributed by atoms with Crippen molar-refractivity contribution in [2.75, 3.05) is 13.1 Å². The van der Waals surface area contributed by atoms with Gasteiger partial charge in [-0.3, -0.25) is 4.79 Å². The van der Waals surface area contributed by atoms with E-state index in [1.54, 1.807) is 18.0 Å². The lowest BCUT2D eigenvalue weighted by Crippen LogP contribution is -2.27. The zero-order valence-corrected chi connectivity index (χ0v) is 13.7. The molecule has 2 aromatic rings. The van der Waals surface area contributed by atoms with Gasteiger partial charge >= 0.3 is 0 Å². The second kappa shape index (κ2) is 7.16. The van der Waals surface area contributed by atoms with Crippen molar-refractivity contribution in [3.8, 4) is 0 Å². The predicted molar refractivity (Wildman–Crippen MR) is 90.4 cm³/mol. The van der Waals surface area contributed by atoms with Gasteiger partial charge in [0.15, 0.2) is 0 Å². The molecule has 1 aliphatic heterocycles. The fourth-order valence-electron chi connectivity index (χ4n) is 2.46. The van der Waals surface area contributed by atoms with Crippen molar-refractivity contribution < 1.29 is 4.79 Å². The summed E-state index contributed by atoms with van der Waals surface area (Å²) < 4.78 is 0. The Labute approximate surface area is 139 Å². The number of halogens is 1. The lowest BCUT2D eigenvalue weighted by molar-refractivity contribution is 0.0792. The molecular weight excluding hydrogens is 316 g/mol. The van der Waals surface area contributed by atoms with Gasteiger partial charge in [0.1, 0.15) is 0 Å². The number of carbonyl (C=O) groups is 1. The van der Waals surface area contributed by atoms with Crippen LogP contribution in [0, 0.1) is 0 Å². The summed E-state index contributed by atoms with van der Waals surface area (Å²) in [5, 5.41) is 1.67. The lowest BCUT2D eigenvalue weighted by Gasteiger charge is -2.14. The van der Waals surface area contributed by atoms with Crippen LogP contribution in [0.5, 0.6) is 0 Å². The maximum Gasteiger partial charge on any atom is 0.255 e. The van der Waals surface area contributed by atoms with Crippen molar-refractivity contribution in [3.63, 3.8) is 0 Å². The second-order valence-electron chi connectivity index (χ2n) is 5.26. The summed E-state index contributed by atoms with van der Waals surface area (Å²) in [5.41, 5.74) is 1.76. The van der Waals surface area contributed by atoms with Crippen LogP contribution < -0.4 is 0 Å². The van der Waals surface area contributed by atoms with Gasteiger partial charge < -0.3 is 4.90 Å². The summed E-state index contributed by atoms with van der Waals surface area (Å²) in [5.74, 6) is 0.860. The summed E-state index contributed by atoms with van der Waals surface area (Å²) in [6, 6.07) is 11.6. The van der Waals surface area contributed by atoms with Gasteiger partial charge in [0.2, 0.25) is 0 Å². The number of amides is 1. The van der Waals surface area contributed by atoms with E-state index in [4.69, 9.17) is 11.6 Å². The summed E-state index contributed by atoms with van der Waals surface area (Å²) >= 11 is 7.77. The summed E-state index contributed by atoms with van der Waals surface area (Å²) in [7, 11) is 0. The van der Waals surface area contributed by atoms with Crippen molar-refractivity contribution in [3.05, 3.63) is 58.7 Å². The molecule has 1 fully saturated rings. The molecule has 1 aromatic heterocycles. The molecular formula is C17H17ClN2OS. The van der Waals surface area contributed by atoms with Crippen molar-refractivity contribution in [2.45, 2.75) is 23.6 Å². The number of thioether (sulfide) groups is 1. The first-order chi connectivity index (χ1) is 10.7. The molecule has 114 valence electrons. The smallest absolute Gasteiger partial charge is 0.255 e. The van der Waals surface area contributed by atoms with Crippen LogP contribution >= 0.6 is 23.4 Å². The summed E-state index contributed by atoms with van der Waals surface area (Å²) in [6.45, 7) is 1.73. The van der Waals surface area contributed by atoms with Gasteiger partial charge in [0.25, 0.3) is 5.91 Å². The molecule has 0 radical (unpaired) electrons. The molecule has 1 amide bonds. The number of likely N-dealkylation sites (tertiary alicyclic amines) is 1. The minimum Gasteiger partial charge on any atom is -0.339 e. The van der Waals surface area contributed by atoms with E-state index in [1.807, 2.05) is 41.3 Å². The number of hydrogen-bond acceptors (Lipinski definition) is 3. The number of pyridine rings is 1. The maximum absolute atomic E-state index is 12.2.